The Balaban J connectivity index is 2.19. The van der Waals surface area contributed by atoms with Crippen molar-refractivity contribution in [2.24, 2.45) is 5.92 Å². The monoisotopic (exact) mass is 172 g/mol. The van der Waals surface area contributed by atoms with E-state index in [9.17, 15) is 15.0 Å². The molecule has 68 valence electrons. The van der Waals surface area contributed by atoms with E-state index in [4.69, 9.17) is 4.74 Å². The Hall–Kier alpha value is -0.610. The summed E-state index contributed by atoms with van der Waals surface area (Å²) in [6, 6.07) is 0. The van der Waals surface area contributed by atoms with Gasteiger partial charge in [0.15, 0.2) is 0 Å². The van der Waals surface area contributed by atoms with Crippen LogP contribution in [0.25, 0.3) is 0 Å². The third kappa shape index (κ3) is 0.949. The molecule has 1 saturated heterocycles. The van der Waals surface area contributed by atoms with Crippen molar-refractivity contribution in [2.75, 3.05) is 0 Å². The Bertz CT molecular complexity index is 223. The van der Waals surface area contributed by atoms with E-state index in [0.29, 0.717) is 12.8 Å². The SMILES string of the molecule is C[C@]1(O)C[C@H]2CC(=O)O[C@H]2[C@@H]1O. The van der Waals surface area contributed by atoms with E-state index < -0.39 is 17.8 Å². The number of esters is 1. The summed E-state index contributed by atoms with van der Waals surface area (Å²) < 4.78 is 4.88. The maximum absolute atomic E-state index is 10.8. The van der Waals surface area contributed by atoms with Gasteiger partial charge in [-0.05, 0) is 13.3 Å². The smallest absolute Gasteiger partial charge is 0.306 e. The molecule has 1 aliphatic carbocycles. The summed E-state index contributed by atoms with van der Waals surface area (Å²) in [6.45, 7) is 1.57. The van der Waals surface area contributed by atoms with E-state index >= 15 is 0 Å². The van der Waals surface area contributed by atoms with E-state index in [0.717, 1.165) is 0 Å². The number of aliphatic hydroxyl groups excluding tert-OH is 1. The summed E-state index contributed by atoms with van der Waals surface area (Å²) in [5.41, 5.74) is -1.09. The Morgan fingerprint density at radius 3 is 2.92 bits per heavy atom. The maximum atomic E-state index is 10.8. The van der Waals surface area contributed by atoms with Crippen molar-refractivity contribution in [2.45, 2.75) is 37.6 Å². The van der Waals surface area contributed by atoms with Gasteiger partial charge in [-0.25, -0.2) is 0 Å². The van der Waals surface area contributed by atoms with Gasteiger partial charge in [0.2, 0.25) is 0 Å². The number of hydrogen-bond donors (Lipinski definition) is 2. The fraction of sp³-hybridized carbons (Fsp3) is 0.875. The van der Waals surface area contributed by atoms with Crippen LogP contribution in [0.15, 0.2) is 0 Å². The standard InChI is InChI=1S/C8H12O4/c1-8(11)3-4-2-5(9)12-6(4)7(8)10/h4,6-7,10-11H,2-3H2,1H3/t4-,6-,7+,8+/m1/s1. The van der Waals surface area contributed by atoms with Crippen LogP contribution in [0.1, 0.15) is 19.8 Å². The summed E-state index contributed by atoms with van der Waals surface area (Å²) in [4.78, 5) is 10.8. The van der Waals surface area contributed by atoms with Gasteiger partial charge in [0.25, 0.3) is 0 Å². The summed E-state index contributed by atoms with van der Waals surface area (Å²) in [6.07, 6.45) is -0.621. The van der Waals surface area contributed by atoms with Gasteiger partial charge in [-0.1, -0.05) is 0 Å². The number of aliphatic hydroxyl groups is 2. The number of carbonyl (C=O) groups excluding carboxylic acids is 1. The van der Waals surface area contributed by atoms with Gasteiger partial charge >= 0.3 is 5.97 Å². The quantitative estimate of drug-likeness (QED) is 0.480. The highest BCUT2D eigenvalue weighted by Crippen LogP contribution is 2.42. The lowest BCUT2D eigenvalue weighted by Gasteiger charge is -2.23. The fourth-order valence-corrected chi connectivity index (χ4v) is 2.14. The van der Waals surface area contributed by atoms with Gasteiger partial charge < -0.3 is 14.9 Å². The Labute approximate surface area is 70.1 Å². The van der Waals surface area contributed by atoms with Crippen molar-refractivity contribution >= 4 is 5.97 Å². The van der Waals surface area contributed by atoms with Crippen LogP contribution in [0.4, 0.5) is 0 Å². The zero-order valence-corrected chi connectivity index (χ0v) is 6.86. The van der Waals surface area contributed by atoms with Crippen molar-refractivity contribution in [1.29, 1.82) is 0 Å². The van der Waals surface area contributed by atoms with Crippen molar-refractivity contribution < 1.29 is 19.7 Å². The molecule has 0 aromatic heterocycles. The molecule has 2 N–H and O–H groups in total. The van der Waals surface area contributed by atoms with E-state index in [2.05, 4.69) is 0 Å². The Morgan fingerprint density at radius 2 is 2.33 bits per heavy atom. The number of carbonyl (C=O) groups is 1. The fourth-order valence-electron chi connectivity index (χ4n) is 2.14. The van der Waals surface area contributed by atoms with Crippen LogP contribution < -0.4 is 0 Å². The second-order valence-corrected chi connectivity index (χ2v) is 3.92. The minimum atomic E-state index is -1.09. The summed E-state index contributed by atoms with van der Waals surface area (Å²) >= 11 is 0. The molecule has 0 unspecified atom stereocenters. The zero-order chi connectivity index (χ0) is 8.93. The molecule has 4 heteroatoms. The first kappa shape index (κ1) is 8.01. The second-order valence-electron chi connectivity index (χ2n) is 3.92. The van der Waals surface area contributed by atoms with Crippen molar-refractivity contribution in [3.63, 3.8) is 0 Å². The normalized spacial score (nSPS) is 52.2. The van der Waals surface area contributed by atoms with Gasteiger partial charge in [-0.2, -0.15) is 0 Å². The molecule has 1 heterocycles. The summed E-state index contributed by atoms with van der Waals surface area (Å²) in [5.74, 6) is -0.262. The average molecular weight is 172 g/mol. The lowest BCUT2D eigenvalue weighted by atomic mass is 10.0. The third-order valence-corrected chi connectivity index (χ3v) is 2.78. The van der Waals surface area contributed by atoms with Crippen LogP contribution in [0.2, 0.25) is 0 Å². The molecule has 2 rings (SSSR count). The molecule has 2 fully saturated rings. The van der Waals surface area contributed by atoms with Crippen molar-refractivity contribution in [1.82, 2.24) is 0 Å². The molecular formula is C8H12O4. The predicted molar refractivity (Wildman–Crippen MR) is 39.2 cm³/mol. The number of fused-ring (bicyclic) bond motifs is 1. The van der Waals surface area contributed by atoms with Crippen LogP contribution in [0, 0.1) is 5.92 Å². The lowest BCUT2D eigenvalue weighted by Crippen LogP contribution is -2.40. The highest BCUT2D eigenvalue weighted by molar-refractivity contribution is 5.72. The molecule has 0 bridgehead atoms. The molecule has 0 amide bonds. The number of ether oxygens (including phenoxy) is 1. The van der Waals surface area contributed by atoms with Crippen molar-refractivity contribution in [3.05, 3.63) is 0 Å². The first-order valence-corrected chi connectivity index (χ1v) is 4.10. The molecule has 1 saturated carbocycles. The number of rotatable bonds is 0. The zero-order valence-electron chi connectivity index (χ0n) is 6.86. The first-order valence-electron chi connectivity index (χ1n) is 4.10. The topological polar surface area (TPSA) is 66.8 Å². The molecule has 0 aromatic carbocycles. The van der Waals surface area contributed by atoms with Gasteiger partial charge in [-0.15, -0.1) is 0 Å². The highest BCUT2D eigenvalue weighted by atomic mass is 16.6. The largest absolute Gasteiger partial charge is 0.459 e. The molecule has 12 heavy (non-hydrogen) atoms. The van der Waals surface area contributed by atoms with Gasteiger partial charge in [0.05, 0.1) is 12.0 Å². The minimum Gasteiger partial charge on any atom is -0.459 e. The maximum Gasteiger partial charge on any atom is 0.306 e. The van der Waals surface area contributed by atoms with Crippen LogP contribution in [0.3, 0.4) is 0 Å². The first-order chi connectivity index (χ1) is 5.50. The molecule has 1 aliphatic heterocycles. The van der Waals surface area contributed by atoms with Crippen LogP contribution in [-0.4, -0.2) is 34.0 Å². The molecule has 0 radical (unpaired) electrons. The third-order valence-electron chi connectivity index (χ3n) is 2.78. The van der Waals surface area contributed by atoms with E-state index in [1.54, 1.807) is 6.92 Å². The van der Waals surface area contributed by atoms with Crippen LogP contribution >= 0.6 is 0 Å². The van der Waals surface area contributed by atoms with Gasteiger partial charge in [-0.3, -0.25) is 4.79 Å². The van der Waals surface area contributed by atoms with Crippen LogP contribution in [-0.2, 0) is 9.53 Å². The Morgan fingerprint density at radius 1 is 1.67 bits per heavy atom. The summed E-state index contributed by atoms with van der Waals surface area (Å²) in [5, 5.41) is 19.1. The minimum absolute atomic E-state index is 0.00231. The molecule has 0 spiro atoms. The summed E-state index contributed by atoms with van der Waals surface area (Å²) in [7, 11) is 0. The molecule has 4 atom stereocenters. The van der Waals surface area contributed by atoms with Gasteiger partial charge in [0, 0.05) is 5.92 Å². The van der Waals surface area contributed by atoms with E-state index in [-0.39, 0.29) is 11.9 Å². The average Bonchev–Trinajstić information content (AvgIpc) is 2.35. The highest BCUT2D eigenvalue weighted by Gasteiger charge is 2.54. The van der Waals surface area contributed by atoms with Crippen molar-refractivity contribution in [3.8, 4) is 0 Å². The van der Waals surface area contributed by atoms with E-state index in [1.165, 1.54) is 0 Å². The van der Waals surface area contributed by atoms with Crippen LogP contribution in [0.5, 0.6) is 0 Å². The Kier molecular flexibility index (Phi) is 1.47. The molecule has 2 aliphatic rings. The molecule has 4 nitrogen and oxygen atoms in total. The molecular weight excluding hydrogens is 160 g/mol. The number of hydrogen-bond acceptors (Lipinski definition) is 4. The lowest BCUT2D eigenvalue weighted by molar-refractivity contribution is -0.150. The van der Waals surface area contributed by atoms with E-state index in [1.807, 2.05) is 0 Å². The predicted octanol–water partition coefficient (Wildman–Crippen LogP) is -0.566. The molecule has 0 aromatic rings. The second kappa shape index (κ2) is 2.20. The van der Waals surface area contributed by atoms with Gasteiger partial charge in [0.1, 0.15) is 12.2 Å².